The number of hydrogen-bond donors (Lipinski definition) is 3. The van der Waals surface area contributed by atoms with Gasteiger partial charge in [0.1, 0.15) is 12.2 Å². The predicted octanol–water partition coefficient (Wildman–Crippen LogP) is 2.47. The van der Waals surface area contributed by atoms with E-state index in [1.807, 2.05) is 6.92 Å². The van der Waals surface area contributed by atoms with E-state index in [-0.39, 0.29) is 6.10 Å². The molecule has 4 atom stereocenters. The molecule has 0 aliphatic carbocycles. The molecule has 3 N–H and O–H groups in total. The largest absolute Gasteiger partial charge is 0.460 e. The molecule has 1 heterocycles. The third kappa shape index (κ3) is 9.08. The Morgan fingerprint density at radius 3 is 2.04 bits per heavy atom. The zero-order valence-corrected chi connectivity index (χ0v) is 14.2. The van der Waals surface area contributed by atoms with Crippen LogP contribution in [0.1, 0.15) is 71.1 Å². The normalized spacial score (nSPS) is 34.9. The lowest BCUT2D eigenvalue weighted by Crippen LogP contribution is -2.36. The second-order valence-corrected chi connectivity index (χ2v) is 6.56. The Hall–Kier alpha value is -0.910. The molecule has 0 aromatic carbocycles. The Labute approximate surface area is 139 Å². The molecule has 0 saturated carbocycles. The Bertz CT molecular complexity index is 355. The van der Waals surface area contributed by atoms with Crippen LogP contribution in [-0.4, -0.2) is 45.7 Å². The number of rotatable bonds is 0. The van der Waals surface area contributed by atoms with E-state index in [9.17, 15) is 20.1 Å². The van der Waals surface area contributed by atoms with Gasteiger partial charge < -0.3 is 20.1 Å². The van der Waals surface area contributed by atoms with E-state index in [1.165, 1.54) is 25.3 Å². The number of carbonyl (C=O) groups excluding carboxylic acids is 1. The summed E-state index contributed by atoms with van der Waals surface area (Å²) in [6.07, 6.45) is 8.70. The third-order valence-corrected chi connectivity index (χ3v) is 4.35. The minimum atomic E-state index is -1.28. The summed E-state index contributed by atoms with van der Waals surface area (Å²) in [7, 11) is 0. The van der Waals surface area contributed by atoms with Gasteiger partial charge in [-0.05, 0) is 32.3 Å². The van der Waals surface area contributed by atoms with Crippen molar-refractivity contribution in [3.63, 3.8) is 0 Å². The highest BCUT2D eigenvalue weighted by atomic mass is 16.5. The molecule has 0 saturated heterocycles. The Morgan fingerprint density at radius 1 is 0.913 bits per heavy atom. The van der Waals surface area contributed by atoms with Crippen molar-refractivity contribution in [1.82, 2.24) is 0 Å². The Morgan fingerprint density at radius 2 is 1.43 bits per heavy atom. The van der Waals surface area contributed by atoms with E-state index in [0.717, 1.165) is 44.6 Å². The van der Waals surface area contributed by atoms with Crippen molar-refractivity contribution in [2.24, 2.45) is 0 Å². The van der Waals surface area contributed by atoms with Gasteiger partial charge in [-0.15, -0.1) is 0 Å². The molecule has 0 fully saturated rings. The van der Waals surface area contributed by atoms with Gasteiger partial charge in [-0.3, -0.25) is 0 Å². The van der Waals surface area contributed by atoms with Crippen LogP contribution in [0.25, 0.3) is 0 Å². The van der Waals surface area contributed by atoms with Crippen LogP contribution in [0.5, 0.6) is 0 Å². The summed E-state index contributed by atoms with van der Waals surface area (Å²) in [5, 5.41) is 29.6. The fourth-order valence-corrected chi connectivity index (χ4v) is 2.83. The fourth-order valence-electron chi connectivity index (χ4n) is 2.83. The number of hydrogen-bond acceptors (Lipinski definition) is 5. The first-order valence-electron chi connectivity index (χ1n) is 8.93. The molecule has 0 amide bonds. The van der Waals surface area contributed by atoms with Crippen molar-refractivity contribution in [2.75, 3.05) is 0 Å². The summed E-state index contributed by atoms with van der Waals surface area (Å²) in [5.41, 5.74) is 0. The summed E-state index contributed by atoms with van der Waals surface area (Å²) < 4.78 is 5.23. The molecule has 5 nitrogen and oxygen atoms in total. The molecule has 23 heavy (non-hydrogen) atoms. The summed E-state index contributed by atoms with van der Waals surface area (Å²) in [5.74, 6) is -0.528. The smallest absolute Gasteiger partial charge is 0.330 e. The second kappa shape index (κ2) is 11.6. The molecule has 0 radical (unpaired) electrons. The zero-order valence-electron chi connectivity index (χ0n) is 14.2. The zero-order chi connectivity index (χ0) is 17.1. The fraction of sp³-hybridized carbons (Fsp3) is 0.833. The maximum atomic E-state index is 11.7. The van der Waals surface area contributed by atoms with Crippen LogP contribution in [0.2, 0.25) is 0 Å². The topological polar surface area (TPSA) is 87.0 Å². The van der Waals surface area contributed by atoms with Crippen LogP contribution in [0.4, 0.5) is 0 Å². The molecule has 1 aliphatic heterocycles. The number of cyclic esters (lactones) is 1. The predicted molar refractivity (Wildman–Crippen MR) is 88.9 cm³/mol. The van der Waals surface area contributed by atoms with Crippen LogP contribution in [-0.2, 0) is 9.53 Å². The highest BCUT2D eigenvalue weighted by Crippen LogP contribution is 2.15. The molecule has 0 bridgehead atoms. The standard InChI is InChI=1S/C18H32O5/c1-14-10-8-6-4-2-3-5-7-9-11-15(19)18(22)16(20)12-13-17(21)23-14/h12-16,18-20,22H,2-11H2,1H3/b13-12+/t14-,15+,16+,18-/m1/s1. The van der Waals surface area contributed by atoms with Crippen LogP contribution in [0.15, 0.2) is 12.2 Å². The molecule has 0 aromatic heterocycles. The van der Waals surface area contributed by atoms with E-state index in [4.69, 9.17) is 4.74 Å². The van der Waals surface area contributed by atoms with Crippen LogP contribution in [0.3, 0.4) is 0 Å². The van der Waals surface area contributed by atoms with Crippen molar-refractivity contribution < 1.29 is 24.9 Å². The van der Waals surface area contributed by atoms with Gasteiger partial charge in [-0.2, -0.15) is 0 Å². The van der Waals surface area contributed by atoms with E-state index in [1.54, 1.807) is 0 Å². The lowest BCUT2D eigenvalue weighted by atomic mass is 10.00. The van der Waals surface area contributed by atoms with Crippen LogP contribution in [0, 0.1) is 0 Å². The highest BCUT2D eigenvalue weighted by Gasteiger charge is 2.22. The van der Waals surface area contributed by atoms with Crippen LogP contribution >= 0.6 is 0 Å². The summed E-state index contributed by atoms with van der Waals surface area (Å²) in [6, 6.07) is 0. The van der Waals surface area contributed by atoms with Crippen molar-refractivity contribution in [1.29, 1.82) is 0 Å². The first-order valence-corrected chi connectivity index (χ1v) is 8.93. The number of ether oxygens (including phenoxy) is 1. The van der Waals surface area contributed by atoms with Crippen molar-refractivity contribution in [3.8, 4) is 0 Å². The van der Waals surface area contributed by atoms with E-state index in [2.05, 4.69) is 0 Å². The van der Waals surface area contributed by atoms with Crippen molar-refractivity contribution >= 4 is 5.97 Å². The van der Waals surface area contributed by atoms with Gasteiger partial charge in [0.2, 0.25) is 0 Å². The maximum absolute atomic E-state index is 11.7. The third-order valence-electron chi connectivity index (χ3n) is 4.35. The van der Waals surface area contributed by atoms with Gasteiger partial charge in [0.05, 0.1) is 12.2 Å². The highest BCUT2D eigenvalue weighted by molar-refractivity contribution is 5.82. The SMILES string of the molecule is C[C@@H]1CCCCCCCCCC[C@H](O)[C@@H](O)[C@@H](O)/C=C/C(=O)O1. The molecular formula is C18H32O5. The molecule has 0 unspecified atom stereocenters. The van der Waals surface area contributed by atoms with Crippen molar-refractivity contribution in [3.05, 3.63) is 12.2 Å². The molecule has 5 heteroatoms. The van der Waals surface area contributed by atoms with Gasteiger partial charge in [0.15, 0.2) is 0 Å². The number of carbonyl (C=O) groups is 1. The number of aliphatic hydroxyl groups is 3. The molecule has 134 valence electrons. The first-order chi connectivity index (χ1) is 11.0. The number of esters is 1. The van der Waals surface area contributed by atoms with Gasteiger partial charge >= 0.3 is 5.97 Å². The molecule has 0 aromatic rings. The monoisotopic (exact) mass is 328 g/mol. The lowest BCUT2D eigenvalue weighted by molar-refractivity contribution is -0.142. The summed E-state index contributed by atoms with van der Waals surface area (Å²) in [4.78, 5) is 11.7. The van der Waals surface area contributed by atoms with E-state index < -0.39 is 24.3 Å². The molecule has 1 aliphatic rings. The second-order valence-electron chi connectivity index (χ2n) is 6.56. The molecule has 0 spiro atoms. The minimum Gasteiger partial charge on any atom is -0.460 e. The summed E-state index contributed by atoms with van der Waals surface area (Å²) >= 11 is 0. The minimum absolute atomic E-state index is 0.154. The quantitative estimate of drug-likeness (QED) is 0.595. The lowest BCUT2D eigenvalue weighted by Gasteiger charge is -2.21. The van der Waals surface area contributed by atoms with E-state index in [0.29, 0.717) is 6.42 Å². The average Bonchev–Trinajstić information content (AvgIpc) is 2.52. The maximum Gasteiger partial charge on any atom is 0.330 e. The summed E-state index contributed by atoms with van der Waals surface area (Å²) in [6.45, 7) is 1.86. The van der Waals surface area contributed by atoms with Crippen LogP contribution < -0.4 is 0 Å². The molecular weight excluding hydrogens is 296 g/mol. The van der Waals surface area contributed by atoms with Gasteiger partial charge in [0, 0.05) is 6.08 Å². The van der Waals surface area contributed by atoms with Gasteiger partial charge in [-0.1, -0.05) is 44.9 Å². The average molecular weight is 328 g/mol. The van der Waals surface area contributed by atoms with Gasteiger partial charge in [-0.25, -0.2) is 4.79 Å². The van der Waals surface area contributed by atoms with Crippen molar-refractivity contribution in [2.45, 2.75) is 95.5 Å². The Kier molecular flexibility index (Phi) is 10.2. The first kappa shape index (κ1) is 20.1. The molecule has 1 rings (SSSR count). The Balaban J connectivity index is 2.55. The van der Waals surface area contributed by atoms with Gasteiger partial charge in [0.25, 0.3) is 0 Å². The number of aliphatic hydroxyl groups excluding tert-OH is 3. The van der Waals surface area contributed by atoms with E-state index >= 15 is 0 Å².